The molecule has 0 radical (unpaired) electrons. The average molecular weight is 409 g/mol. The van der Waals surface area contributed by atoms with Crippen molar-refractivity contribution < 1.29 is 9.59 Å². The number of aromatic nitrogens is 1. The molecule has 0 saturated heterocycles. The SMILES string of the molecule is Cc1nc2c(c(C3=C(Cl)C=C(Cl)CC3)c1CN)C(=O)N(CC(=O)N(C)C)C2. The zero-order valence-corrected chi connectivity index (χ0v) is 17.1. The second-order valence-corrected chi connectivity index (χ2v) is 7.84. The van der Waals surface area contributed by atoms with Crippen LogP contribution in [0.5, 0.6) is 0 Å². The zero-order chi connectivity index (χ0) is 19.9. The normalized spacial score (nSPS) is 16.6. The van der Waals surface area contributed by atoms with Crippen LogP contribution < -0.4 is 5.73 Å². The van der Waals surface area contributed by atoms with E-state index < -0.39 is 0 Å². The van der Waals surface area contributed by atoms with Crippen LogP contribution in [0.2, 0.25) is 0 Å². The number of hydrogen-bond donors (Lipinski definition) is 1. The van der Waals surface area contributed by atoms with Gasteiger partial charge in [0.2, 0.25) is 5.91 Å². The lowest BCUT2D eigenvalue weighted by Crippen LogP contribution is -2.36. The van der Waals surface area contributed by atoms with E-state index in [-0.39, 0.29) is 24.9 Å². The van der Waals surface area contributed by atoms with Crippen LogP contribution in [0.1, 0.15) is 45.7 Å². The fraction of sp³-hybridized carbons (Fsp3) is 0.421. The van der Waals surface area contributed by atoms with E-state index in [2.05, 4.69) is 4.98 Å². The summed E-state index contributed by atoms with van der Waals surface area (Å²) in [6, 6.07) is 0. The molecule has 1 aromatic heterocycles. The highest BCUT2D eigenvalue weighted by Gasteiger charge is 2.36. The predicted molar refractivity (Wildman–Crippen MR) is 106 cm³/mol. The van der Waals surface area contributed by atoms with Crippen LogP contribution in [0.25, 0.3) is 5.57 Å². The molecule has 8 heteroatoms. The first-order valence-corrected chi connectivity index (χ1v) is 9.47. The molecule has 1 aliphatic carbocycles. The molecule has 0 fully saturated rings. The summed E-state index contributed by atoms with van der Waals surface area (Å²) in [5.74, 6) is -0.354. The van der Waals surface area contributed by atoms with E-state index in [9.17, 15) is 9.59 Å². The van der Waals surface area contributed by atoms with Gasteiger partial charge in [0.05, 0.1) is 17.8 Å². The quantitative estimate of drug-likeness (QED) is 0.830. The highest BCUT2D eigenvalue weighted by atomic mass is 35.5. The molecule has 6 nitrogen and oxygen atoms in total. The van der Waals surface area contributed by atoms with Crippen molar-refractivity contribution in [3.05, 3.63) is 44.2 Å². The molecular weight excluding hydrogens is 387 g/mol. The number of halogens is 2. The van der Waals surface area contributed by atoms with Gasteiger partial charge in [-0.05, 0) is 37.0 Å². The molecule has 2 amide bonds. The lowest BCUT2D eigenvalue weighted by Gasteiger charge is -2.21. The van der Waals surface area contributed by atoms with Gasteiger partial charge in [0.1, 0.15) is 6.54 Å². The van der Waals surface area contributed by atoms with Crippen LogP contribution in [0.4, 0.5) is 0 Å². The Balaban J connectivity index is 2.14. The Morgan fingerprint density at radius 1 is 1.30 bits per heavy atom. The van der Waals surface area contributed by atoms with Gasteiger partial charge in [-0.1, -0.05) is 23.2 Å². The molecule has 0 spiro atoms. The summed E-state index contributed by atoms with van der Waals surface area (Å²) in [6.45, 7) is 2.44. The van der Waals surface area contributed by atoms with E-state index in [4.69, 9.17) is 28.9 Å². The maximum atomic E-state index is 13.1. The van der Waals surface area contributed by atoms with Gasteiger partial charge in [0.15, 0.2) is 0 Å². The lowest BCUT2D eigenvalue weighted by atomic mass is 9.88. The van der Waals surface area contributed by atoms with E-state index >= 15 is 0 Å². The third kappa shape index (κ3) is 3.61. The number of rotatable bonds is 4. The van der Waals surface area contributed by atoms with Gasteiger partial charge in [-0.3, -0.25) is 14.6 Å². The molecule has 2 heterocycles. The summed E-state index contributed by atoms with van der Waals surface area (Å²) in [5, 5.41) is 1.20. The standard InChI is InChI=1S/C19H22Cl2N4O2/c1-10-13(7-22)17(12-5-4-11(20)6-14(12)21)18-15(23-10)8-25(19(18)27)9-16(26)24(2)3/h6H,4-5,7-9,22H2,1-3H3. The third-order valence-corrected chi connectivity index (χ3v) is 5.57. The summed E-state index contributed by atoms with van der Waals surface area (Å²) in [7, 11) is 3.33. The molecule has 27 heavy (non-hydrogen) atoms. The molecule has 144 valence electrons. The minimum atomic E-state index is -0.213. The highest BCUT2D eigenvalue weighted by molar-refractivity contribution is 6.37. The van der Waals surface area contributed by atoms with E-state index in [0.29, 0.717) is 40.7 Å². The number of allylic oxidation sites excluding steroid dienone is 4. The number of aryl methyl sites for hydroxylation is 1. The van der Waals surface area contributed by atoms with Crippen molar-refractivity contribution in [2.45, 2.75) is 32.9 Å². The largest absolute Gasteiger partial charge is 0.347 e. The van der Waals surface area contributed by atoms with E-state index in [0.717, 1.165) is 22.4 Å². The monoisotopic (exact) mass is 408 g/mol. The molecule has 2 N–H and O–H groups in total. The Morgan fingerprint density at radius 3 is 2.59 bits per heavy atom. The van der Waals surface area contributed by atoms with E-state index in [1.54, 1.807) is 20.2 Å². The molecule has 0 unspecified atom stereocenters. The van der Waals surface area contributed by atoms with Crippen LogP contribution in [0, 0.1) is 6.92 Å². The van der Waals surface area contributed by atoms with Crippen molar-refractivity contribution in [3.63, 3.8) is 0 Å². The summed E-state index contributed by atoms with van der Waals surface area (Å²) < 4.78 is 0. The molecule has 1 aromatic rings. The van der Waals surface area contributed by atoms with Gasteiger partial charge in [0.25, 0.3) is 5.91 Å². The number of pyridine rings is 1. The Labute approximate surface area is 168 Å². The molecular formula is C19H22Cl2N4O2. The topological polar surface area (TPSA) is 79.5 Å². The third-order valence-electron chi connectivity index (χ3n) is 4.94. The van der Waals surface area contributed by atoms with Crippen LogP contribution in [0.3, 0.4) is 0 Å². The molecule has 1 aliphatic heterocycles. The average Bonchev–Trinajstić information content (AvgIpc) is 2.89. The molecule has 0 aromatic carbocycles. The van der Waals surface area contributed by atoms with Crippen molar-refractivity contribution in [2.75, 3.05) is 20.6 Å². The molecule has 2 aliphatic rings. The first-order valence-electron chi connectivity index (χ1n) is 8.71. The number of carbonyl (C=O) groups is 2. The maximum absolute atomic E-state index is 13.1. The number of amides is 2. The van der Waals surface area contributed by atoms with Crippen molar-refractivity contribution in [3.8, 4) is 0 Å². The minimum Gasteiger partial charge on any atom is -0.347 e. The Hall–Kier alpha value is -1.89. The first kappa shape index (κ1) is 19.9. The van der Waals surface area contributed by atoms with Crippen molar-refractivity contribution in [1.29, 1.82) is 0 Å². The van der Waals surface area contributed by atoms with Gasteiger partial charge >= 0.3 is 0 Å². The van der Waals surface area contributed by atoms with Gasteiger partial charge in [-0.2, -0.15) is 0 Å². The fourth-order valence-corrected chi connectivity index (χ4v) is 4.06. The Bertz CT molecular complexity index is 890. The van der Waals surface area contributed by atoms with Gasteiger partial charge < -0.3 is 15.5 Å². The van der Waals surface area contributed by atoms with Crippen molar-refractivity contribution in [2.24, 2.45) is 5.73 Å². The predicted octanol–water partition coefficient (Wildman–Crippen LogP) is 2.76. The summed E-state index contributed by atoms with van der Waals surface area (Å²) in [6.07, 6.45) is 3.00. The Kier molecular flexibility index (Phi) is 5.60. The minimum absolute atomic E-state index is 0.0111. The number of nitrogens with zero attached hydrogens (tertiary/aromatic N) is 3. The number of fused-ring (bicyclic) bond motifs is 1. The van der Waals surface area contributed by atoms with Gasteiger partial charge in [-0.15, -0.1) is 0 Å². The highest BCUT2D eigenvalue weighted by Crippen LogP contribution is 2.41. The van der Waals surface area contributed by atoms with Crippen LogP contribution >= 0.6 is 23.2 Å². The van der Waals surface area contributed by atoms with Gasteiger partial charge in [0, 0.05) is 42.0 Å². The molecule has 0 bridgehead atoms. The second-order valence-electron chi connectivity index (χ2n) is 6.94. The van der Waals surface area contributed by atoms with Gasteiger partial charge in [-0.25, -0.2) is 0 Å². The number of nitrogens with two attached hydrogens (primary N) is 1. The van der Waals surface area contributed by atoms with Crippen LogP contribution in [-0.2, 0) is 17.9 Å². The number of likely N-dealkylation sites (N-methyl/N-ethyl adjacent to an activating group) is 1. The van der Waals surface area contributed by atoms with Crippen molar-refractivity contribution in [1.82, 2.24) is 14.8 Å². The van der Waals surface area contributed by atoms with Crippen molar-refractivity contribution >= 4 is 40.6 Å². The summed E-state index contributed by atoms with van der Waals surface area (Å²) >= 11 is 12.6. The van der Waals surface area contributed by atoms with Crippen LogP contribution in [-0.4, -0.2) is 47.2 Å². The second kappa shape index (κ2) is 7.62. The number of hydrogen-bond acceptors (Lipinski definition) is 4. The Morgan fingerprint density at radius 2 is 2.00 bits per heavy atom. The number of carbonyl (C=O) groups excluding carboxylic acids is 2. The van der Waals surface area contributed by atoms with E-state index in [1.165, 1.54) is 9.80 Å². The first-order chi connectivity index (χ1) is 12.7. The molecule has 3 rings (SSSR count). The summed E-state index contributed by atoms with van der Waals surface area (Å²) in [4.78, 5) is 32.8. The zero-order valence-electron chi connectivity index (χ0n) is 15.6. The maximum Gasteiger partial charge on any atom is 0.257 e. The fourth-order valence-electron chi connectivity index (χ4n) is 3.48. The lowest BCUT2D eigenvalue weighted by molar-refractivity contribution is -0.129. The smallest absolute Gasteiger partial charge is 0.257 e. The van der Waals surface area contributed by atoms with Crippen LogP contribution in [0.15, 0.2) is 16.1 Å². The summed E-state index contributed by atoms with van der Waals surface area (Å²) in [5.41, 5.74) is 10.4. The molecule has 0 saturated carbocycles. The molecule has 0 atom stereocenters. The van der Waals surface area contributed by atoms with E-state index in [1.807, 2.05) is 6.92 Å².